The number of carbonyl (C=O) groups excluding carboxylic acids is 2. The number of aromatic nitrogens is 4. The number of cyclic esters (lactones) is 1. The van der Waals surface area contributed by atoms with Crippen LogP contribution in [0.15, 0.2) is 54.4 Å². The number of rotatable bonds is 18. The van der Waals surface area contributed by atoms with Crippen LogP contribution in [0.1, 0.15) is 80.6 Å². The number of esters is 1. The molecule has 2 aliphatic rings. The van der Waals surface area contributed by atoms with Crippen LogP contribution >= 0.6 is 0 Å². The average Bonchev–Trinajstić information content (AvgIpc) is 3.75. The van der Waals surface area contributed by atoms with Crippen molar-refractivity contribution in [2.45, 2.75) is 155 Å². The molecule has 2 aromatic heterocycles. The smallest absolute Gasteiger partial charge is 0.306 e. The summed E-state index contributed by atoms with van der Waals surface area (Å²) >= 11 is 0. The first-order valence-electron chi connectivity index (χ1n) is 22.7. The van der Waals surface area contributed by atoms with E-state index >= 15 is 0 Å². The molecule has 0 spiro atoms. The van der Waals surface area contributed by atoms with Gasteiger partial charge in [0.15, 0.2) is 18.4 Å². The van der Waals surface area contributed by atoms with Crippen LogP contribution in [-0.2, 0) is 49.3 Å². The second-order valence-corrected chi connectivity index (χ2v) is 17.6. The fourth-order valence-electron chi connectivity index (χ4n) is 8.84. The van der Waals surface area contributed by atoms with Gasteiger partial charge in [0.25, 0.3) is 0 Å². The molecule has 4 heterocycles. The predicted octanol–water partition coefficient (Wildman–Crippen LogP) is 4.38. The standard InChI is InChI=1S/C47H75N5O12/c1-12-38-34(27-61-47-45(59-11)44(58-10)41(56)32(7)62-47)24-28(3)17-19-37(54)30(5)25-33(21-23-52-26-36(49-50-52)35-16-14-15-22-48-35)43(29(4)18-20-39(55)63-38)64-46(60-13-2)42(57)40(31(6)53)51(8)9/h14-17,19,22,24,26,29-34,38,40-47,53,56-57H,12-13,18,20-21,23,25,27H2,1-11H3/b19-17+,28-24+/t29-,30+,31+,32?,33-,34+,38+,40?,41?,42?,43+,44?,45?,46-,47?/m0/s1. The van der Waals surface area contributed by atoms with Crippen LogP contribution in [0.4, 0.5) is 0 Å². The van der Waals surface area contributed by atoms with Crippen LogP contribution in [0.25, 0.3) is 11.4 Å². The largest absolute Gasteiger partial charge is 0.462 e. The first-order chi connectivity index (χ1) is 30.5. The minimum Gasteiger partial charge on any atom is -0.462 e. The summed E-state index contributed by atoms with van der Waals surface area (Å²) < 4.78 is 44.5. The molecule has 1 saturated heterocycles. The molecule has 0 aromatic carbocycles. The Morgan fingerprint density at radius 1 is 1.02 bits per heavy atom. The zero-order chi connectivity index (χ0) is 47.1. The minimum absolute atomic E-state index is 0.0592. The van der Waals surface area contributed by atoms with E-state index in [2.05, 4.69) is 15.3 Å². The minimum atomic E-state index is -1.25. The van der Waals surface area contributed by atoms with E-state index in [1.165, 1.54) is 14.2 Å². The van der Waals surface area contributed by atoms with Crippen LogP contribution < -0.4 is 0 Å². The van der Waals surface area contributed by atoms with Crippen LogP contribution in [0.3, 0.4) is 0 Å². The summed E-state index contributed by atoms with van der Waals surface area (Å²) in [4.78, 5) is 34.0. The van der Waals surface area contributed by atoms with Crippen molar-refractivity contribution in [2.75, 3.05) is 41.5 Å². The number of allylic oxidation sites excluding steroid dienone is 3. The molecule has 4 rings (SSSR count). The number of nitrogens with zero attached hydrogens (tertiary/aromatic N) is 5. The van der Waals surface area contributed by atoms with Gasteiger partial charge in [-0.2, -0.15) is 0 Å². The van der Waals surface area contributed by atoms with Gasteiger partial charge in [-0.25, -0.2) is 0 Å². The van der Waals surface area contributed by atoms with Gasteiger partial charge in [0, 0.05) is 51.8 Å². The SMILES string of the molecule is CCO[C@@H](O[C@H]1[C@@H](CCn2cc(-c3ccccn3)nn2)C[C@@H](C)C(=O)/C=C/C(C)=C/[C@H](COC2OC(C)C(O)C(OC)C2OC)[C@@H](CC)OC(=O)CC[C@@H]1C)C(O)C([C@@H](C)O)N(C)C. The summed E-state index contributed by atoms with van der Waals surface area (Å²) in [5.74, 6) is -1.97. The van der Waals surface area contributed by atoms with Gasteiger partial charge in [-0.3, -0.25) is 19.3 Å². The molecule has 2 aliphatic heterocycles. The quantitative estimate of drug-likeness (QED) is 0.140. The normalized spacial score (nSPS) is 32.3. The number of ketones is 1. The summed E-state index contributed by atoms with van der Waals surface area (Å²) in [5, 5.41) is 42.0. The van der Waals surface area contributed by atoms with E-state index in [0.717, 1.165) is 5.57 Å². The van der Waals surface area contributed by atoms with E-state index < -0.39 is 85.3 Å². The Hall–Kier alpha value is -3.49. The zero-order valence-electron chi connectivity index (χ0n) is 39.7. The average molecular weight is 902 g/mol. The van der Waals surface area contributed by atoms with Gasteiger partial charge >= 0.3 is 5.97 Å². The highest BCUT2D eigenvalue weighted by atomic mass is 16.7. The van der Waals surface area contributed by atoms with Gasteiger partial charge in [0.05, 0.1) is 42.9 Å². The maximum atomic E-state index is 14.0. The molecule has 2 aromatic rings. The number of hydrogen-bond donors (Lipinski definition) is 3. The lowest BCUT2D eigenvalue weighted by Gasteiger charge is -2.42. The van der Waals surface area contributed by atoms with Crippen LogP contribution in [-0.4, -0.2) is 161 Å². The zero-order valence-corrected chi connectivity index (χ0v) is 39.7. The molecular formula is C47H75N5O12. The molecule has 17 nitrogen and oxygen atoms in total. The molecule has 0 aliphatic carbocycles. The lowest BCUT2D eigenvalue weighted by Crippen LogP contribution is -2.59. The maximum absolute atomic E-state index is 14.0. The molecule has 0 amide bonds. The predicted molar refractivity (Wildman–Crippen MR) is 238 cm³/mol. The van der Waals surface area contributed by atoms with E-state index in [1.807, 2.05) is 58.2 Å². The number of pyridine rings is 1. The van der Waals surface area contributed by atoms with Crippen LogP contribution in [0.2, 0.25) is 0 Å². The lowest BCUT2D eigenvalue weighted by molar-refractivity contribution is -0.304. The van der Waals surface area contributed by atoms with Gasteiger partial charge in [-0.05, 0) is 97.5 Å². The highest BCUT2D eigenvalue weighted by Crippen LogP contribution is 2.34. The van der Waals surface area contributed by atoms with Gasteiger partial charge in [-0.1, -0.05) is 49.8 Å². The van der Waals surface area contributed by atoms with E-state index in [9.17, 15) is 24.9 Å². The van der Waals surface area contributed by atoms with Gasteiger partial charge in [0.1, 0.15) is 36.2 Å². The first-order valence-corrected chi connectivity index (χ1v) is 22.7. The molecule has 1 fully saturated rings. The number of carbonyl (C=O) groups is 2. The van der Waals surface area contributed by atoms with Gasteiger partial charge in [0.2, 0.25) is 0 Å². The van der Waals surface area contributed by atoms with Gasteiger partial charge in [-0.15, -0.1) is 5.10 Å². The number of likely N-dealkylation sites (N-methyl/N-ethyl adjacent to an activating group) is 1. The summed E-state index contributed by atoms with van der Waals surface area (Å²) in [7, 11) is 6.53. The van der Waals surface area contributed by atoms with Crippen molar-refractivity contribution >= 4 is 11.8 Å². The summed E-state index contributed by atoms with van der Waals surface area (Å²) in [6.45, 7) is 13.6. The fraction of sp³-hybridized carbons (Fsp3) is 0.723. The molecule has 15 atom stereocenters. The second kappa shape index (κ2) is 26.0. The molecule has 0 saturated carbocycles. The summed E-state index contributed by atoms with van der Waals surface area (Å²) in [5.41, 5.74) is 2.08. The van der Waals surface area contributed by atoms with Crippen molar-refractivity contribution in [3.8, 4) is 11.4 Å². The summed E-state index contributed by atoms with van der Waals surface area (Å²) in [6, 6.07) is 4.86. The number of methoxy groups -OCH3 is 2. The van der Waals surface area contributed by atoms with E-state index in [-0.39, 0.29) is 37.3 Å². The Bertz CT molecular complexity index is 1750. The Balaban J connectivity index is 1.69. The fourth-order valence-corrected chi connectivity index (χ4v) is 8.84. The number of aryl methyl sites for hydroxylation is 1. The molecule has 17 heteroatoms. The van der Waals surface area contributed by atoms with Crippen LogP contribution in [0, 0.1) is 23.7 Å². The van der Waals surface area contributed by atoms with Crippen molar-refractivity contribution in [2.24, 2.45) is 23.7 Å². The van der Waals surface area contributed by atoms with Crippen molar-refractivity contribution in [3.63, 3.8) is 0 Å². The highest BCUT2D eigenvalue weighted by Gasteiger charge is 2.45. The van der Waals surface area contributed by atoms with Crippen molar-refractivity contribution in [1.29, 1.82) is 0 Å². The van der Waals surface area contributed by atoms with E-state index in [4.69, 9.17) is 33.2 Å². The van der Waals surface area contributed by atoms with Crippen LogP contribution in [0.5, 0.6) is 0 Å². The summed E-state index contributed by atoms with van der Waals surface area (Å²) in [6.07, 6.45) is 2.25. The third kappa shape index (κ3) is 14.8. The Kier molecular flexibility index (Phi) is 21.6. The first kappa shape index (κ1) is 53.1. The lowest BCUT2D eigenvalue weighted by atomic mass is 9.80. The topological polar surface area (TPSA) is 206 Å². The molecule has 0 bridgehead atoms. The molecule has 7 unspecified atom stereocenters. The molecule has 64 heavy (non-hydrogen) atoms. The number of aliphatic hydroxyl groups excluding tert-OH is 3. The van der Waals surface area contributed by atoms with Gasteiger partial charge < -0.3 is 53.4 Å². The monoisotopic (exact) mass is 902 g/mol. The van der Waals surface area contributed by atoms with E-state index in [0.29, 0.717) is 43.6 Å². The van der Waals surface area contributed by atoms with Crippen molar-refractivity contribution in [3.05, 3.63) is 54.4 Å². The molecule has 0 radical (unpaired) electrons. The Labute approximate surface area is 379 Å². The third-order valence-corrected chi connectivity index (χ3v) is 12.4. The highest BCUT2D eigenvalue weighted by molar-refractivity contribution is 5.91. The molecule has 360 valence electrons. The maximum Gasteiger partial charge on any atom is 0.306 e. The number of ether oxygens (including phenoxy) is 7. The number of hydrogen-bond acceptors (Lipinski definition) is 16. The Morgan fingerprint density at radius 3 is 2.38 bits per heavy atom. The second-order valence-electron chi connectivity index (χ2n) is 17.6. The van der Waals surface area contributed by atoms with E-state index in [1.54, 1.807) is 62.8 Å². The number of aliphatic hydroxyl groups is 3. The Morgan fingerprint density at radius 2 is 1.75 bits per heavy atom. The van der Waals surface area contributed by atoms with Crippen molar-refractivity contribution < 1.29 is 58.1 Å². The van der Waals surface area contributed by atoms with Crippen molar-refractivity contribution in [1.82, 2.24) is 24.9 Å². The third-order valence-electron chi connectivity index (χ3n) is 12.4. The molecule has 3 N–H and O–H groups in total. The molecular weight excluding hydrogens is 827 g/mol.